The summed E-state index contributed by atoms with van der Waals surface area (Å²) in [5.74, 6) is -1.69. The summed E-state index contributed by atoms with van der Waals surface area (Å²) in [5, 5.41) is 9.01. The monoisotopic (exact) mass is 272 g/mol. The van der Waals surface area contributed by atoms with E-state index in [0.29, 0.717) is 0 Å². The number of aliphatic carboxylic acids is 1. The first-order chi connectivity index (χ1) is 8.88. The normalized spacial score (nSPS) is 15.7. The highest BCUT2D eigenvalue weighted by Gasteiger charge is 2.38. The van der Waals surface area contributed by atoms with Crippen LogP contribution >= 0.6 is 0 Å². The van der Waals surface area contributed by atoms with Gasteiger partial charge in [-0.1, -0.05) is 0 Å². The van der Waals surface area contributed by atoms with E-state index in [4.69, 9.17) is 9.84 Å². The Bertz CT molecular complexity index is 367. The quantitative estimate of drug-likeness (QED) is 0.678. The lowest BCUT2D eigenvalue weighted by molar-refractivity contribution is -0.151. The summed E-state index contributed by atoms with van der Waals surface area (Å²) in [6.45, 7) is 1.26. The molecule has 0 aliphatic heterocycles. The molecule has 0 aromatic carbocycles. The highest BCUT2D eigenvalue weighted by molar-refractivity contribution is 5.88. The van der Waals surface area contributed by atoms with Gasteiger partial charge in [-0.2, -0.15) is 0 Å². The van der Waals surface area contributed by atoms with Crippen molar-refractivity contribution in [1.29, 1.82) is 0 Å². The standard InChI is InChI=1S/C12H20N2O5/c1-8(12(17)18)14(9-4-5-9)10(15)6-13(2)11(16)7-19-3/h8-9H,4-7H2,1-3H3,(H,17,18). The zero-order valence-corrected chi connectivity index (χ0v) is 11.5. The minimum Gasteiger partial charge on any atom is -0.480 e. The lowest BCUT2D eigenvalue weighted by Crippen LogP contribution is -2.49. The molecule has 1 aliphatic carbocycles. The molecule has 0 heterocycles. The van der Waals surface area contributed by atoms with E-state index in [9.17, 15) is 14.4 Å². The molecule has 2 amide bonds. The van der Waals surface area contributed by atoms with E-state index in [1.165, 1.54) is 30.9 Å². The van der Waals surface area contributed by atoms with E-state index in [-0.39, 0.29) is 31.0 Å². The number of carboxylic acid groups (broad SMARTS) is 1. The molecule has 1 unspecified atom stereocenters. The smallest absolute Gasteiger partial charge is 0.326 e. The fourth-order valence-electron chi connectivity index (χ4n) is 1.81. The second-order valence-corrected chi connectivity index (χ2v) is 4.73. The summed E-state index contributed by atoms with van der Waals surface area (Å²) in [5.41, 5.74) is 0. The predicted molar refractivity (Wildman–Crippen MR) is 66.5 cm³/mol. The molecule has 1 fully saturated rings. The molecule has 1 aliphatic rings. The largest absolute Gasteiger partial charge is 0.480 e. The van der Waals surface area contributed by atoms with Gasteiger partial charge in [0.15, 0.2) is 0 Å². The molecular weight excluding hydrogens is 252 g/mol. The predicted octanol–water partition coefficient (Wildman–Crippen LogP) is -0.445. The van der Waals surface area contributed by atoms with Crippen LogP contribution in [0.5, 0.6) is 0 Å². The number of carboxylic acids is 1. The maximum absolute atomic E-state index is 12.1. The van der Waals surface area contributed by atoms with Crippen molar-refractivity contribution in [2.75, 3.05) is 27.3 Å². The van der Waals surface area contributed by atoms with Crippen LogP contribution in [-0.4, -0.2) is 72.1 Å². The molecule has 19 heavy (non-hydrogen) atoms. The third kappa shape index (κ3) is 4.20. The molecule has 1 N–H and O–H groups in total. The van der Waals surface area contributed by atoms with Crippen molar-refractivity contribution < 1.29 is 24.2 Å². The summed E-state index contributed by atoms with van der Waals surface area (Å²) in [6, 6.07) is -0.879. The number of likely N-dealkylation sites (N-methyl/N-ethyl adjacent to an activating group) is 1. The second kappa shape index (κ2) is 6.51. The maximum Gasteiger partial charge on any atom is 0.326 e. The molecule has 0 radical (unpaired) electrons. The van der Waals surface area contributed by atoms with Gasteiger partial charge < -0.3 is 19.6 Å². The van der Waals surface area contributed by atoms with Crippen molar-refractivity contribution in [2.24, 2.45) is 0 Å². The fourth-order valence-corrected chi connectivity index (χ4v) is 1.81. The summed E-state index contributed by atoms with van der Waals surface area (Å²) < 4.78 is 4.70. The van der Waals surface area contributed by atoms with Crippen molar-refractivity contribution in [1.82, 2.24) is 9.80 Å². The molecule has 1 saturated carbocycles. The van der Waals surface area contributed by atoms with Crippen LogP contribution in [-0.2, 0) is 19.1 Å². The van der Waals surface area contributed by atoms with Gasteiger partial charge in [0, 0.05) is 20.2 Å². The Balaban J connectivity index is 2.62. The minimum absolute atomic E-state index is 0.00970. The van der Waals surface area contributed by atoms with Gasteiger partial charge in [0.25, 0.3) is 0 Å². The third-order valence-electron chi connectivity index (χ3n) is 3.07. The SMILES string of the molecule is COCC(=O)N(C)CC(=O)N(C1CC1)C(C)C(=O)O. The lowest BCUT2D eigenvalue weighted by atomic mass is 10.2. The Morgan fingerprint density at radius 2 is 1.89 bits per heavy atom. The summed E-state index contributed by atoms with van der Waals surface area (Å²) >= 11 is 0. The van der Waals surface area contributed by atoms with Crippen LogP contribution in [0.1, 0.15) is 19.8 Å². The van der Waals surface area contributed by atoms with Gasteiger partial charge >= 0.3 is 5.97 Å². The van der Waals surface area contributed by atoms with Gasteiger partial charge in [-0.25, -0.2) is 4.79 Å². The van der Waals surface area contributed by atoms with E-state index in [0.717, 1.165) is 12.8 Å². The Labute approximate surface area is 112 Å². The van der Waals surface area contributed by atoms with Crippen LogP contribution in [0, 0.1) is 0 Å². The summed E-state index contributed by atoms with van der Waals surface area (Å²) in [7, 11) is 2.90. The number of nitrogens with zero attached hydrogens (tertiary/aromatic N) is 2. The van der Waals surface area contributed by atoms with E-state index >= 15 is 0 Å². The number of carbonyl (C=O) groups is 3. The molecule has 108 valence electrons. The van der Waals surface area contributed by atoms with Crippen molar-refractivity contribution in [3.05, 3.63) is 0 Å². The zero-order chi connectivity index (χ0) is 14.6. The molecule has 1 atom stereocenters. The molecule has 0 bridgehead atoms. The Hall–Kier alpha value is -1.63. The van der Waals surface area contributed by atoms with Gasteiger partial charge in [0.1, 0.15) is 12.6 Å². The van der Waals surface area contributed by atoms with Gasteiger partial charge in [-0.3, -0.25) is 9.59 Å². The number of hydrogen-bond donors (Lipinski definition) is 1. The second-order valence-electron chi connectivity index (χ2n) is 4.73. The summed E-state index contributed by atoms with van der Waals surface area (Å²) in [6.07, 6.45) is 1.64. The van der Waals surface area contributed by atoms with E-state index in [1.807, 2.05) is 0 Å². The lowest BCUT2D eigenvalue weighted by Gasteiger charge is -2.28. The first kappa shape index (κ1) is 15.4. The number of carbonyl (C=O) groups excluding carboxylic acids is 2. The third-order valence-corrected chi connectivity index (χ3v) is 3.07. The van der Waals surface area contributed by atoms with Crippen molar-refractivity contribution >= 4 is 17.8 Å². The van der Waals surface area contributed by atoms with Gasteiger partial charge in [0.05, 0.1) is 6.54 Å². The van der Waals surface area contributed by atoms with Crippen molar-refractivity contribution in [2.45, 2.75) is 31.8 Å². The number of amides is 2. The highest BCUT2D eigenvalue weighted by Crippen LogP contribution is 2.28. The van der Waals surface area contributed by atoms with E-state index < -0.39 is 12.0 Å². The van der Waals surface area contributed by atoms with E-state index in [1.54, 1.807) is 0 Å². The van der Waals surface area contributed by atoms with Gasteiger partial charge in [-0.05, 0) is 19.8 Å². The molecule has 0 aromatic rings. The number of methoxy groups -OCH3 is 1. The summed E-state index contributed by atoms with van der Waals surface area (Å²) in [4.78, 5) is 37.2. The van der Waals surface area contributed by atoms with Gasteiger partial charge in [0.2, 0.25) is 11.8 Å². The van der Waals surface area contributed by atoms with Crippen LogP contribution in [0.2, 0.25) is 0 Å². The topological polar surface area (TPSA) is 87.2 Å². The fraction of sp³-hybridized carbons (Fsp3) is 0.750. The Morgan fingerprint density at radius 1 is 1.32 bits per heavy atom. The average Bonchev–Trinajstić information content (AvgIpc) is 3.13. The number of rotatable bonds is 7. The average molecular weight is 272 g/mol. The van der Waals surface area contributed by atoms with E-state index in [2.05, 4.69) is 0 Å². The van der Waals surface area contributed by atoms with Crippen molar-refractivity contribution in [3.8, 4) is 0 Å². The molecule has 0 saturated heterocycles. The highest BCUT2D eigenvalue weighted by atomic mass is 16.5. The first-order valence-corrected chi connectivity index (χ1v) is 6.15. The van der Waals surface area contributed by atoms with Crippen LogP contribution in [0.15, 0.2) is 0 Å². The molecule has 7 heteroatoms. The molecule has 0 aromatic heterocycles. The van der Waals surface area contributed by atoms with Gasteiger partial charge in [-0.15, -0.1) is 0 Å². The molecule has 7 nitrogen and oxygen atoms in total. The molecular formula is C12H20N2O5. The minimum atomic E-state index is -1.04. The van der Waals surface area contributed by atoms with Crippen LogP contribution < -0.4 is 0 Å². The zero-order valence-electron chi connectivity index (χ0n) is 11.5. The Morgan fingerprint density at radius 3 is 2.32 bits per heavy atom. The van der Waals surface area contributed by atoms with Crippen molar-refractivity contribution in [3.63, 3.8) is 0 Å². The molecule has 0 spiro atoms. The van der Waals surface area contributed by atoms with Crippen LogP contribution in [0.4, 0.5) is 0 Å². The van der Waals surface area contributed by atoms with Crippen LogP contribution in [0.25, 0.3) is 0 Å². The Kier molecular flexibility index (Phi) is 5.29. The number of hydrogen-bond acceptors (Lipinski definition) is 4. The number of ether oxygens (including phenoxy) is 1. The maximum atomic E-state index is 12.1. The molecule has 1 rings (SSSR count). The van der Waals surface area contributed by atoms with Crippen LogP contribution in [0.3, 0.4) is 0 Å². The first-order valence-electron chi connectivity index (χ1n) is 6.15.